The summed E-state index contributed by atoms with van der Waals surface area (Å²) < 4.78 is 0. The highest BCUT2D eigenvalue weighted by molar-refractivity contribution is 6.30. The second-order valence-electron chi connectivity index (χ2n) is 11.6. The number of halogens is 1. The molecule has 1 aliphatic heterocycles. The third-order valence-corrected chi connectivity index (χ3v) is 8.61. The van der Waals surface area contributed by atoms with Crippen molar-refractivity contribution in [1.82, 2.24) is 15.1 Å². The summed E-state index contributed by atoms with van der Waals surface area (Å²) in [6, 6.07) is 18.0. The highest BCUT2D eigenvalue weighted by Crippen LogP contribution is 2.24. The van der Waals surface area contributed by atoms with Gasteiger partial charge in [-0.3, -0.25) is 4.79 Å². The van der Waals surface area contributed by atoms with E-state index in [1.807, 2.05) is 11.0 Å². The number of amides is 3. The predicted octanol–water partition coefficient (Wildman–Crippen LogP) is 8.20. The van der Waals surface area contributed by atoms with Crippen molar-refractivity contribution in [3.63, 3.8) is 0 Å². The number of nitrogens with zero attached hydrogens (tertiary/aromatic N) is 2. The summed E-state index contributed by atoms with van der Waals surface area (Å²) in [6.07, 6.45) is 14.4. The van der Waals surface area contributed by atoms with Gasteiger partial charge in [0, 0.05) is 42.8 Å². The van der Waals surface area contributed by atoms with Gasteiger partial charge >= 0.3 is 6.03 Å². The van der Waals surface area contributed by atoms with Gasteiger partial charge in [-0.05, 0) is 74.3 Å². The lowest BCUT2D eigenvalue weighted by atomic mass is 9.94. The zero-order valence-corrected chi connectivity index (χ0v) is 24.9. The van der Waals surface area contributed by atoms with Crippen LogP contribution in [0, 0.1) is 5.92 Å². The molecule has 1 saturated carbocycles. The monoisotopic (exact) mass is 563 g/mol. The largest absolute Gasteiger partial charge is 0.339 e. The zero-order chi connectivity index (χ0) is 28.2. The molecule has 40 heavy (non-hydrogen) atoms. The molecule has 0 atom stereocenters. The van der Waals surface area contributed by atoms with Crippen molar-refractivity contribution in [3.05, 3.63) is 76.3 Å². The molecule has 2 aromatic carbocycles. The molecule has 0 spiro atoms. The van der Waals surface area contributed by atoms with E-state index in [4.69, 9.17) is 11.6 Å². The smallest absolute Gasteiger partial charge is 0.317 e. The molecule has 3 amide bonds. The first-order chi connectivity index (χ1) is 19.5. The minimum Gasteiger partial charge on any atom is -0.339 e. The molecule has 6 heteroatoms. The summed E-state index contributed by atoms with van der Waals surface area (Å²) >= 11 is 6.01. The van der Waals surface area contributed by atoms with E-state index in [1.165, 1.54) is 43.2 Å². The maximum Gasteiger partial charge on any atom is 0.317 e. The van der Waals surface area contributed by atoms with E-state index in [9.17, 15) is 9.59 Å². The minimum atomic E-state index is 0.0611. The Morgan fingerprint density at radius 1 is 0.950 bits per heavy atom. The maximum atomic E-state index is 13.7. The molecule has 5 nitrogen and oxygen atoms in total. The summed E-state index contributed by atoms with van der Waals surface area (Å²) in [7, 11) is 0. The van der Waals surface area contributed by atoms with Crippen LogP contribution >= 0.6 is 11.6 Å². The molecule has 2 fully saturated rings. The van der Waals surface area contributed by atoms with Gasteiger partial charge in [0.2, 0.25) is 0 Å². The molecule has 0 aromatic heterocycles. The number of urea groups is 1. The van der Waals surface area contributed by atoms with Crippen LogP contribution in [0.5, 0.6) is 0 Å². The van der Waals surface area contributed by atoms with Crippen LogP contribution in [0.2, 0.25) is 5.02 Å². The number of carbonyl (C=O) groups is 2. The Morgan fingerprint density at radius 2 is 1.65 bits per heavy atom. The number of hydrogen-bond acceptors (Lipinski definition) is 2. The Bertz CT molecular complexity index is 1090. The number of hydrogen-bond donors (Lipinski definition) is 1. The second kappa shape index (κ2) is 15.9. The average Bonchev–Trinajstić information content (AvgIpc) is 2.98. The van der Waals surface area contributed by atoms with E-state index in [0.29, 0.717) is 36.1 Å². The van der Waals surface area contributed by atoms with Crippen LogP contribution in [0.25, 0.3) is 6.08 Å². The van der Waals surface area contributed by atoms with Crippen molar-refractivity contribution in [2.45, 2.75) is 83.6 Å². The number of benzene rings is 2. The topological polar surface area (TPSA) is 52.7 Å². The van der Waals surface area contributed by atoms with Crippen molar-refractivity contribution < 1.29 is 9.59 Å². The predicted molar refractivity (Wildman–Crippen MR) is 166 cm³/mol. The normalized spacial score (nSPS) is 17.1. The highest BCUT2D eigenvalue weighted by atomic mass is 35.5. The first kappa shape index (κ1) is 30.2. The Morgan fingerprint density at radius 3 is 2.33 bits per heavy atom. The summed E-state index contributed by atoms with van der Waals surface area (Å²) in [4.78, 5) is 30.7. The van der Waals surface area contributed by atoms with E-state index >= 15 is 0 Å². The minimum absolute atomic E-state index is 0.0611. The van der Waals surface area contributed by atoms with Crippen LogP contribution in [-0.2, 0) is 0 Å². The Kier molecular flexibility index (Phi) is 12.0. The van der Waals surface area contributed by atoms with Gasteiger partial charge in [0.05, 0.1) is 0 Å². The van der Waals surface area contributed by atoms with Crippen LogP contribution in [-0.4, -0.2) is 54.0 Å². The van der Waals surface area contributed by atoms with Gasteiger partial charge in [-0.15, -0.1) is 0 Å². The second-order valence-corrected chi connectivity index (χ2v) is 12.0. The molecule has 0 bridgehead atoms. The van der Waals surface area contributed by atoms with Gasteiger partial charge in [0.15, 0.2) is 0 Å². The number of carbonyl (C=O) groups excluding carboxylic acids is 2. The summed E-state index contributed by atoms with van der Waals surface area (Å²) in [5.41, 5.74) is 3.18. The van der Waals surface area contributed by atoms with Gasteiger partial charge in [-0.2, -0.15) is 0 Å². The quantitative estimate of drug-likeness (QED) is 0.280. The fraction of sp³-hybridized carbons (Fsp3) is 0.529. The molecule has 1 aliphatic carbocycles. The Labute approximate surface area is 246 Å². The molecule has 0 unspecified atom stereocenters. The van der Waals surface area contributed by atoms with Gasteiger partial charge < -0.3 is 15.1 Å². The molecule has 2 aromatic rings. The molecule has 1 N–H and O–H groups in total. The van der Waals surface area contributed by atoms with Crippen molar-refractivity contribution in [2.24, 2.45) is 5.92 Å². The zero-order valence-electron chi connectivity index (χ0n) is 24.1. The van der Waals surface area contributed by atoms with Crippen LogP contribution in [0.1, 0.15) is 93.5 Å². The summed E-state index contributed by atoms with van der Waals surface area (Å²) in [6.45, 7) is 5.04. The van der Waals surface area contributed by atoms with E-state index < -0.39 is 0 Å². The van der Waals surface area contributed by atoms with Crippen molar-refractivity contribution in [3.8, 4) is 0 Å². The van der Waals surface area contributed by atoms with E-state index in [1.54, 1.807) is 24.3 Å². The number of likely N-dealkylation sites (tertiary alicyclic amines) is 1. The molecular weight excluding hydrogens is 518 g/mol. The number of piperidine rings is 1. The number of rotatable bonds is 11. The van der Waals surface area contributed by atoms with Gasteiger partial charge in [-0.1, -0.05) is 92.6 Å². The van der Waals surface area contributed by atoms with Crippen molar-refractivity contribution >= 4 is 29.6 Å². The molecule has 4 rings (SSSR count). The molecule has 0 radical (unpaired) electrons. The van der Waals surface area contributed by atoms with Crippen LogP contribution in [0.4, 0.5) is 4.79 Å². The SMILES string of the molecule is CCCCC/C(=C\c1ccccc1)CN(CC1CCN(C(=O)c2ccc(Cl)cc2)CC1)C(=O)NC1CCCCC1. The Hall–Kier alpha value is -2.79. The fourth-order valence-corrected chi connectivity index (χ4v) is 6.09. The van der Waals surface area contributed by atoms with Gasteiger partial charge in [0.1, 0.15) is 0 Å². The Balaban J connectivity index is 1.43. The number of unbranched alkanes of at least 4 members (excludes halogenated alkanes) is 2. The first-order valence-electron chi connectivity index (χ1n) is 15.4. The van der Waals surface area contributed by atoms with Gasteiger partial charge in [-0.25, -0.2) is 4.79 Å². The van der Waals surface area contributed by atoms with Crippen LogP contribution < -0.4 is 5.32 Å². The van der Waals surface area contributed by atoms with Crippen molar-refractivity contribution in [2.75, 3.05) is 26.2 Å². The third kappa shape index (κ3) is 9.40. The highest BCUT2D eigenvalue weighted by Gasteiger charge is 2.28. The lowest BCUT2D eigenvalue weighted by molar-refractivity contribution is 0.0674. The lowest BCUT2D eigenvalue weighted by Crippen LogP contribution is -2.49. The third-order valence-electron chi connectivity index (χ3n) is 8.36. The van der Waals surface area contributed by atoms with Crippen LogP contribution in [0.15, 0.2) is 60.2 Å². The molecule has 1 saturated heterocycles. The molecule has 1 heterocycles. The fourth-order valence-electron chi connectivity index (χ4n) is 5.97. The summed E-state index contributed by atoms with van der Waals surface area (Å²) in [5, 5.41) is 4.02. The van der Waals surface area contributed by atoms with E-state index in [2.05, 4.69) is 47.5 Å². The van der Waals surface area contributed by atoms with E-state index in [-0.39, 0.29) is 18.0 Å². The van der Waals surface area contributed by atoms with E-state index in [0.717, 1.165) is 45.1 Å². The maximum absolute atomic E-state index is 13.7. The lowest BCUT2D eigenvalue weighted by Gasteiger charge is -2.36. The first-order valence-corrected chi connectivity index (χ1v) is 15.7. The van der Waals surface area contributed by atoms with Crippen molar-refractivity contribution in [1.29, 1.82) is 0 Å². The molecule has 2 aliphatic rings. The van der Waals surface area contributed by atoms with Gasteiger partial charge in [0.25, 0.3) is 5.91 Å². The average molecular weight is 564 g/mol. The number of nitrogens with one attached hydrogen (secondary N) is 1. The standard InChI is InChI=1S/C34H46ClN3O2/c1-2-3-6-13-29(24-27-11-7-4-8-12-27)26-38(34(40)36-32-14-9-5-10-15-32)25-28-20-22-37(23-21-28)33(39)30-16-18-31(35)19-17-30/h4,7-8,11-12,16-19,24,28,32H,2-3,5-6,9-10,13-15,20-23,25-26H2,1H3,(H,36,40)/b29-24+. The van der Waals surface area contributed by atoms with Crippen LogP contribution in [0.3, 0.4) is 0 Å². The summed E-state index contributed by atoms with van der Waals surface area (Å²) in [5.74, 6) is 0.436. The molecule has 216 valence electrons. The molecular formula is C34H46ClN3O2.